The third-order valence-corrected chi connectivity index (χ3v) is 8.90. The first-order valence-corrected chi connectivity index (χ1v) is 15.0. The van der Waals surface area contributed by atoms with E-state index in [2.05, 4.69) is 11.7 Å². The lowest BCUT2D eigenvalue weighted by atomic mass is 9.97. The van der Waals surface area contributed by atoms with Crippen LogP contribution in [0.3, 0.4) is 0 Å². The Bertz CT molecular complexity index is 1930. The van der Waals surface area contributed by atoms with Crippen molar-refractivity contribution in [1.29, 1.82) is 0 Å². The average molecular weight is 636 g/mol. The van der Waals surface area contributed by atoms with Gasteiger partial charge in [0.05, 0.1) is 39.7 Å². The van der Waals surface area contributed by atoms with E-state index in [0.717, 1.165) is 0 Å². The Morgan fingerprint density at radius 1 is 1.22 bits per heavy atom. The van der Waals surface area contributed by atoms with Crippen molar-refractivity contribution in [3.8, 4) is 22.8 Å². The van der Waals surface area contributed by atoms with Crippen molar-refractivity contribution in [2.45, 2.75) is 58.5 Å². The molecule has 2 N–H and O–H groups in total. The number of rotatable bonds is 3. The number of fused-ring (bicyclic) bond motifs is 5. The summed E-state index contributed by atoms with van der Waals surface area (Å²) < 4.78 is 18.3. The van der Waals surface area contributed by atoms with Crippen molar-refractivity contribution < 1.29 is 19.4 Å². The van der Waals surface area contributed by atoms with Gasteiger partial charge in [0.25, 0.3) is 5.56 Å². The number of piperazine rings is 1. The van der Waals surface area contributed by atoms with Crippen molar-refractivity contribution in [2.75, 3.05) is 29.9 Å². The van der Waals surface area contributed by atoms with E-state index in [-0.39, 0.29) is 51.9 Å². The number of carbonyl (C=O) groups is 1. The summed E-state index contributed by atoms with van der Waals surface area (Å²) >= 11 is 6.85. The van der Waals surface area contributed by atoms with Crippen molar-refractivity contribution in [3.63, 3.8) is 0 Å². The largest absolute Gasteiger partial charge is 0.507 e. The molecule has 0 saturated carbocycles. The number of aromatic nitrogens is 4. The number of halogens is 2. The normalized spacial score (nSPS) is 19.9. The van der Waals surface area contributed by atoms with Gasteiger partial charge in [-0.2, -0.15) is 5.10 Å². The van der Waals surface area contributed by atoms with Crippen LogP contribution in [0.2, 0.25) is 5.02 Å². The maximum absolute atomic E-state index is 15.2. The lowest BCUT2D eigenvalue weighted by Crippen LogP contribution is -2.68. The number of hydrogen-bond acceptors (Lipinski definition) is 8. The molecule has 6 rings (SSSR count). The quantitative estimate of drug-likeness (QED) is 0.322. The molecule has 3 atom stereocenters. The monoisotopic (exact) mass is 635 g/mol. The molecule has 0 spiro atoms. The Morgan fingerprint density at radius 3 is 2.58 bits per heavy atom. The number of amides is 1. The van der Waals surface area contributed by atoms with E-state index in [4.69, 9.17) is 16.6 Å². The third kappa shape index (κ3) is 4.57. The van der Waals surface area contributed by atoms with Crippen LogP contribution >= 0.6 is 11.6 Å². The molecule has 13 heteroatoms. The lowest BCUT2D eigenvalue weighted by molar-refractivity contribution is -0.127. The highest BCUT2D eigenvalue weighted by molar-refractivity contribution is 6.34. The summed E-state index contributed by atoms with van der Waals surface area (Å²) in [4.78, 5) is 37.4. The highest BCUT2D eigenvalue weighted by Gasteiger charge is 2.46. The average Bonchev–Trinajstić information content (AvgIpc) is 3.36. The van der Waals surface area contributed by atoms with Crippen molar-refractivity contribution in [1.82, 2.24) is 24.2 Å². The van der Waals surface area contributed by atoms with Crippen LogP contribution in [-0.2, 0) is 10.3 Å². The molecule has 1 unspecified atom stereocenters. The molecule has 3 aromatic heterocycles. The van der Waals surface area contributed by atoms with E-state index < -0.39 is 29.2 Å². The van der Waals surface area contributed by atoms with E-state index in [1.807, 2.05) is 39.5 Å². The summed E-state index contributed by atoms with van der Waals surface area (Å²) in [5.41, 5.74) is 0.269. The molecule has 0 bridgehead atoms. The molecular formula is C32H35ClFN7O4. The second kappa shape index (κ2) is 10.6. The number of aliphatic hydroxyl groups excluding tert-OH is 1. The Kier molecular flexibility index (Phi) is 7.20. The number of likely N-dealkylation sites (N-methyl/N-ethyl adjacent to an activating group) is 1. The first-order valence-electron chi connectivity index (χ1n) is 14.6. The van der Waals surface area contributed by atoms with Gasteiger partial charge in [-0.15, -0.1) is 0 Å². The van der Waals surface area contributed by atoms with Crippen LogP contribution < -0.4 is 15.4 Å². The van der Waals surface area contributed by atoms with Gasteiger partial charge in [0, 0.05) is 37.1 Å². The number of aryl methyl sites for hydroxylation is 1. The molecule has 1 fully saturated rings. The van der Waals surface area contributed by atoms with Gasteiger partial charge in [-0.3, -0.25) is 9.59 Å². The number of nitrogens with zero attached hydrogens (tertiary/aromatic N) is 7. The molecule has 1 saturated heterocycles. The standard InChI is InChI=1S/C32H35ClFN7O4/c1-8-23(43)38-14-17(3)39-21(15-38)30(44)37(7)27-26(39)18-12-19(33)25(24-20(34)10-9-11-22(24)42)36-28(18)40(31(27)45)29-16(2)13-35-41(29)32(4,5)6/h8-13,17,21,30,42,44H,1,14-15H2,2-7H3/t17-,21+,30?/m0/s1. The predicted molar refractivity (Wildman–Crippen MR) is 172 cm³/mol. The number of benzene rings is 1. The van der Waals surface area contributed by atoms with Crippen molar-refractivity contribution >= 4 is 39.9 Å². The Hall–Kier alpha value is -4.42. The molecule has 2 aliphatic rings. The maximum atomic E-state index is 15.2. The summed E-state index contributed by atoms with van der Waals surface area (Å²) in [6, 6.07) is 4.59. The number of aromatic hydroxyl groups is 1. The number of pyridine rings is 2. The van der Waals surface area contributed by atoms with E-state index in [1.165, 1.54) is 33.7 Å². The third-order valence-electron chi connectivity index (χ3n) is 8.61. The van der Waals surface area contributed by atoms with Crippen LogP contribution in [-0.4, -0.2) is 78.8 Å². The van der Waals surface area contributed by atoms with Gasteiger partial charge in [0.2, 0.25) is 5.91 Å². The molecule has 4 aromatic rings. The molecule has 236 valence electrons. The fraction of sp³-hybridized carbons (Fsp3) is 0.375. The highest BCUT2D eigenvalue weighted by Crippen LogP contribution is 2.46. The highest BCUT2D eigenvalue weighted by atomic mass is 35.5. The summed E-state index contributed by atoms with van der Waals surface area (Å²) in [6.07, 6.45) is 1.75. The van der Waals surface area contributed by atoms with E-state index in [1.54, 1.807) is 28.9 Å². The number of phenolic OH excluding ortho intramolecular Hbond substituents is 1. The topological polar surface area (TPSA) is 120 Å². The van der Waals surface area contributed by atoms with E-state index in [0.29, 0.717) is 29.0 Å². The van der Waals surface area contributed by atoms with Crippen LogP contribution in [0.15, 0.2) is 47.9 Å². The number of aliphatic hydroxyl groups is 1. The SMILES string of the molecule is C=CC(=O)N1C[C@@H]2C(O)N(C)c3c(c4cc(Cl)c(-c5c(O)cccc5F)nc4n(-c4c(C)cnn4C(C)(C)C)c3=O)N2[C@@H](C)C1. The second-order valence-corrected chi connectivity index (χ2v) is 13.1. The molecule has 5 heterocycles. The van der Waals surface area contributed by atoms with Gasteiger partial charge in [-0.1, -0.05) is 24.2 Å². The van der Waals surface area contributed by atoms with Crippen LogP contribution in [0.4, 0.5) is 15.8 Å². The molecular weight excluding hydrogens is 601 g/mol. The van der Waals surface area contributed by atoms with Gasteiger partial charge < -0.3 is 24.9 Å². The van der Waals surface area contributed by atoms with Gasteiger partial charge in [0.1, 0.15) is 29.3 Å². The fourth-order valence-electron chi connectivity index (χ4n) is 6.58. The zero-order chi connectivity index (χ0) is 32.7. The zero-order valence-corrected chi connectivity index (χ0v) is 26.7. The summed E-state index contributed by atoms with van der Waals surface area (Å²) in [5.74, 6) is -0.900. The predicted octanol–water partition coefficient (Wildman–Crippen LogP) is 4.17. The Morgan fingerprint density at radius 2 is 1.93 bits per heavy atom. The Labute approximate surface area is 264 Å². The molecule has 1 aromatic carbocycles. The minimum Gasteiger partial charge on any atom is -0.507 e. The molecule has 0 radical (unpaired) electrons. The van der Waals surface area contributed by atoms with Gasteiger partial charge >= 0.3 is 0 Å². The summed E-state index contributed by atoms with van der Waals surface area (Å²) in [7, 11) is 1.63. The molecule has 0 aliphatic carbocycles. The molecule has 11 nitrogen and oxygen atoms in total. The molecule has 1 amide bonds. The van der Waals surface area contributed by atoms with Crippen molar-refractivity contribution in [2.24, 2.45) is 0 Å². The number of anilines is 2. The molecule has 2 aliphatic heterocycles. The first-order chi connectivity index (χ1) is 21.2. The van der Waals surface area contributed by atoms with E-state index >= 15 is 4.39 Å². The van der Waals surface area contributed by atoms with Crippen molar-refractivity contribution in [3.05, 3.63) is 69.9 Å². The minimum absolute atomic E-state index is 0.0393. The van der Waals surface area contributed by atoms with Gasteiger partial charge in [0.15, 0.2) is 5.65 Å². The fourth-order valence-corrected chi connectivity index (χ4v) is 6.83. The number of hydrogen-bond donors (Lipinski definition) is 2. The van der Waals surface area contributed by atoms with Crippen LogP contribution in [0, 0.1) is 12.7 Å². The van der Waals surface area contributed by atoms with E-state index in [9.17, 15) is 19.8 Å². The maximum Gasteiger partial charge on any atom is 0.283 e. The number of carbonyl (C=O) groups excluding carboxylic acids is 1. The smallest absolute Gasteiger partial charge is 0.283 e. The van der Waals surface area contributed by atoms with Crippen LogP contribution in [0.5, 0.6) is 5.75 Å². The van der Waals surface area contributed by atoms with Crippen LogP contribution in [0.1, 0.15) is 33.3 Å². The number of phenols is 1. The first kappa shape index (κ1) is 30.6. The van der Waals surface area contributed by atoms with Gasteiger partial charge in [-0.25, -0.2) is 18.6 Å². The lowest BCUT2D eigenvalue weighted by Gasteiger charge is -2.54. The zero-order valence-electron chi connectivity index (χ0n) is 25.9. The van der Waals surface area contributed by atoms with Gasteiger partial charge in [-0.05, 0) is 58.9 Å². The Balaban J connectivity index is 1.76. The molecule has 45 heavy (non-hydrogen) atoms. The minimum atomic E-state index is -1.15. The second-order valence-electron chi connectivity index (χ2n) is 12.7. The summed E-state index contributed by atoms with van der Waals surface area (Å²) in [6.45, 7) is 13.7. The summed E-state index contributed by atoms with van der Waals surface area (Å²) in [5, 5.41) is 27.4. The van der Waals surface area contributed by atoms with Crippen LogP contribution in [0.25, 0.3) is 28.1 Å².